The fourth-order valence-electron chi connectivity index (χ4n) is 1.71. The summed E-state index contributed by atoms with van der Waals surface area (Å²) in [5.41, 5.74) is 0.831. The summed E-state index contributed by atoms with van der Waals surface area (Å²) in [6.07, 6.45) is 0. The Kier molecular flexibility index (Phi) is 5.00. The highest BCUT2D eigenvalue weighted by atomic mass is 35.5. The molecule has 2 N–H and O–H groups in total. The summed E-state index contributed by atoms with van der Waals surface area (Å²) in [7, 11) is 1.51. The molecule has 110 valence electrons. The van der Waals surface area contributed by atoms with Gasteiger partial charge < -0.3 is 15.4 Å². The van der Waals surface area contributed by atoms with E-state index in [1.54, 1.807) is 30.3 Å². The van der Waals surface area contributed by atoms with E-state index >= 15 is 0 Å². The van der Waals surface area contributed by atoms with Crippen LogP contribution in [0.2, 0.25) is 5.02 Å². The van der Waals surface area contributed by atoms with Crippen molar-refractivity contribution in [2.45, 2.75) is 0 Å². The van der Waals surface area contributed by atoms with Crippen LogP contribution in [0.1, 0.15) is 0 Å². The number of methoxy groups -OCH3 is 1. The highest BCUT2D eigenvalue weighted by Crippen LogP contribution is 2.27. The second-order valence-corrected chi connectivity index (χ2v) is 4.64. The minimum absolute atomic E-state index is 0.000872. The van der Waals surface area contributed by atoms with Crippen molar-refractivity contribution < 1.29 is 13.9 Å². The van der Waals surface area contributed by atoms with Crippen LogP contribution in [0.15, 0.2) is 42.5 Å². The summed E-state index contributed by atoms with van der Waals surface area (Å²) in [6, 6.07) is 11.1. The molecule has 4 nitrogen and oxygen atoms in total. The number of anilines is 2. The number of ether oxygens (including phenoxy) is 1. The Morgan fingerprint density at radius 1 is 1.29 bits per heavy atom. The van der Waals surface area contributed by atoms with Crippen LogP contribution in [-0.2, 0) is 4.79 Å². The molecule has 0 radical (unpaired) electrons. The third-order valence-corrected chi connectivity index (χ3v) is 3.06. The zero-order valence-corrected chi connectivity index (χ0v) is 12.1. The average Bonchev–Trinajstić information content (AvgIpc) is 2.49. The Morgan fingerprint density at radius 3 is 2.76 bits per heavy atom. The minimum Gasteiger partial charge on any atom is -0.495 e. The lowest BCUT2D eigenvalue weighted by Crippen LogP contribution is -2.22. The number of hydrogen-bond acceptors (Lipinski definition) is 3. The molecule has 0 saturated carbocycles. The van der Waals surface area contributed by atoms with Crippen molar-refractivity contribution in [2.24, 2.45) is 0 Å². The molecule has 6 heteroatoms. The third kappa shape index (κ3) is 4.10. The molecule has 2 aromatic rings. The molecule has 0 unspecified atom stereocenters. The first-order valence-corrected chi connectivity index (χ1v) is 6.59. The molecule has 0 bridgehead atoms. The number of benzene rings is 2. The molecule has 0 fully saturated rings. The van der Waals surface area contributed by atoms with Gasteiger partial charge in [0.1, 0.15) is 11.6 Å². The molecule has 21 heavy (non-hydrogen) atoms. The fourth-order valence-corrected chi connectivity index (χ4v) is 1.90. The Labute approximate surface area is 126 Å². The Bertz CT molecular complexity index is 649. The minimum atomic E-state index is -0.473. The molecular formula is C15H14ClFN2O2. The number of hydrogen-bond donors (Lipinski definition) is 2. The Morgan fingerprint density at radius 2 is 2.05 bits per heavy atom. The van der Waals surface area contributed by atoms with Crippen LogP contribution in [0.4, 0.5) is 15.8 Å². The molecule has 2 rings (SSSR count). The van der Waals surface area contributed by atoms with E-state index in [2.05, 4.69) is 10.6 Å². The van der Waals surface area contributed by atoms with Gasteiger partial charge in [0.15, 0.2) is 0 Å². The van der Waals surface area contributed by atoms with Gasteiger partial charge in [0, 0.05) is 11.8 Å². The highest BCUT2D eigenvalue weighted by molar-refractivity contribution is 6.32. The van der Waals surface area contributed by atoms with Gasteiger partial charge in [0.05, 0.1) is 24.4 Å². The van der Waals surface area contributed by atoms with Gasteiger partial charge in [-0.05, 0) is 24.3 Å². The first-order valence-electron chi connectivity index (χ1n) is 6.22. The van der Waals surface area contributed by atoms with E-state index in [-0.39, 0.29) is 18.1 Å². The molecule has 0 spiro atoms. The summed E-state index contributed by atoms with van der Waals surface area (Å²) in [5, 5.41) is 5.88. The van der Waals surface area contributed by atoms with Crippen molar-refractivity contribution in [2.75, 3.05) is 24.3 Å². The maximum atomic E-state index is 13.4. The Hall–Kier alpha value is -2.27. The SMILES string of the molecule is COc1cc(NCC(=O)Nc2ccccc2F)ccc1Cl. The first kappa shape index (κ1) is 15.1. The van der Waals surface area contributed by atoms with E-state index in [1.807, 2.05) is 0 Å². The maximum Gasteiger partial charge on any atom is 0.243 e. The van der Waals surface area contributed by atoms with Gasteiger partial charge in [-0.2, -0.15) is 0 Å². The lowest BCUT2D eigenvalue weighted by Gasteiger charge is -2.10. The van der Waals surface area contributed by atoms with Gasteiger partial charge in [-0.1, -0.05) is 23.7 Å². The van der Waals surface area contributed by atoms with Crippen molar-refractivity contribution in [3.8, 4) is 5.75 Å². The maximum absolute atomic E-state index is 13.4. The zero-order valence-electron chi connectivity index (χ0n) is 11.3. The van der Waals surface area contributed by atoms with Gasteiger partial charge in [0.2, 0.25) is 5.91 Å². The average molecular weight is 309 g/mol. The standard InChI is InChI=1S/C15H14ClFN2O2/c1-21-14-8-10(6-7-11(14)16)18-9-15(20)19-13-5-3-2-4-12(13)17/h2-8,18H,9H2,1H3,(H,19,20). The van der Waals surface area contributed by atoms with E-state index in [0.29, 0.717) is 16.5 Å². The van der Waals surface area contributed by atoms with Gasteiger partial charge in [0.25, 0.3) is 0 Å². The number of carbonyl (C=O) groups is 1. The molecular weight excluding hydrogens is 295 g/mol. The topological polar surface area (TPSA) is 50.4 Å². The van der Waals surface area contributed by atoms with E-state index in [4.69, 9.17) is 16.3 Å². The summed E-state index contributed by atoms with van der Waals surface area (Å²) in [4.78, 5) is 11.8. The van der Waals surface area contributed by atoms with E-state index in [9.17, 15) is 9.18 Å². The second-order valence-electron chi connectivity index (χ2n) is 4.23. The van der Waals surface area contributed by atoms with E-state index in [1.165, 1.54) is 19.2 Å². The molecule has 0 aliphatic carbocycles. The lowest BCUT2D eigenvalue weighted by molar-refractivity contribution is -0.114. The fraction of sp³-hybridized carbons (Fsp3) is 0.133. The van der Waals surface area contributed by atoms with Crippen LogP contribution < -0.4 is 15.4 Å². The molecule has 0 aromatic heterocycles. The van der Waals surface area contributed by atoms with E-state index < -0.39 is 5.82 Å². The molecule has 0 atom stereocenters. The number of halogens is 2. The van der Waals surface area contributed by atoms with Gasteiger partial charge in [-0.25, -0.2) is 4.39 Å². The van der Waals surface area contributed by atoms with Gasteiger partial charge in [-0.15, -0.1) is 0 Å². The molecule has 0 aliphatic heterocycles. The van der Waals surface area contributed by atoms with Crippen LogP contribution in [-0.4, -0.2) is 19.6 Å². The van der Waals surface area contributed by atoms with Gasteiger partial charge in [-0.3, -0.25) is 4.79 Å². The largest absolute Gasteiger partial charge is 0.495 e. The number of rotatable bonds is 5. The molecule has 0 aliphatic rings. The van der Waals surface area contributed by atoms with Crippen LogP contribution in [0.5, 0.6) is 5.75 Å². The highest BCUT2D eigenvalue weighted by Gasteiger charge is 2.07. The number of amides is 1. The number of carbonyl (C=O) groups excluding carboxylic acids is 1. The van der Waals surface area contributed by atoms with Crippen LogP contribution in [0.25, 0.3) is 0 Å². The summed E-state index contributed by atoms with van der Waals surface area (Å²) in [6.45, 7) is -0.000872. The second kappa shape index (κ2) is 6.95. The summed E-state index contributed by atoms with van der Waals surface area (Å²) >= 11 is 5.91. The molecule has 2 aromatic carbocycles. The molecule has 0 heterocycles. The zero-order chi connectivity index (χ0) is 15.2. The number of nitrogens with one attached hydrogen (secondary N) is 2. The summed E-state index contributed by atoms with van der Waals surface area (Å²) in [5.74, 6) is -0.316. The van der Waals surface area contributed by atoms with Crippen molar-refractivity contribution in [1.29, 1.82) is 0 Å². The quantitative estimate of drug-likeness (QED) is 0.888. The number of para-hydroxylation sites is 1. The third-order valence-electron chi connectivity index (χ3n) is 2.75. The van der Waals surface area contributed by atoms with Crippen molar-refractivity contribution in [3.05, 3.63) is 53.3 Å². The van der Waals surface area contributed by atoms with Crippen molar-refractivity contribution >= 4 is 28.9 Å². The smallest absolute Gasteiger partial charge is 0.243 e. The van der Waals surface area contributed by atoms with Gasteiger partial charge >= 0.3 is 0 Å². The lowest BCUT2D eigenvalue weighted by atomic mass is 10.3. The van der Waals surface area contributed by atoms with Crippen LogP contribution in [0, 0.1) is 5.82 Å². The molecule has 1 amide bonds. The van der Waals surface area contributed by atoms with Crippen molar-refractivity contribution in [1.82, 2.24) is 0 Å². The van der Waals surface area contributed by atoms with Crippen LogP contribution in [0.3, 0.4) is 0 Å². The monoisotopic (exact) mass is 308 g/mol. The molecule has 0 saturated heterocycles. The Balaban J connectivity index is 1.94. The van der Waals surface area contributed by atoms with Crippen molar-refractivity contribution in [3.63, 3.8) is 0 Å². The predicted octanol–water partition coefficient (Wildman–Crippen LogP) is 3.54. The van der Waals surface area contributed by atoms with E-state index in [0.717, 1.165) is 0 Å². The summed E-state index contributed by atoms with van der Waals surface area (Å²) < 4.78 is 18.5. The van der Waals surface area contributed by atoms with Crippen LogP contribution >= 0.6 is 11.6 Å². The first-order chi connectivity index (χ1) is 10.1. The normalized spacial score (nSPS) is 10.0. The predicted molar refractivity (Wildman–Crippen MR) is 81.5 cm³/mol.